The number of hydrogen-bond acceptors (Lipinski definition) is 2. The topological polar surface area (TPSA) is 24.9 Å². The molecule has 0 amide bonds. The van der Waals surface area contributed by atoms with E-state index in [1.54, 1.807) is 6.20 Å². The molecule has 0 atom stereocenters. The van der Waals surface area contributed by atoms with Gasteiger partial charge in [0.2, 0.25) is 0 Å². The predicted octanol–water partition coefficient (Wildman–Crippen LogP) is 3.04. The Morgan fingerprint density at radius 1 is 1.54 bits per heavy atom. The molecule has 0 saturated carbocycles. The summed E-state index contributed by atoms with van der Waals surface area (Å²) in [4.78, 5) is 4.11. The van der Waals surface area contributed by atoms with Crippen LogP contribution in [0.1, 0.15) is 6.42 Å². The van der Waals surface area contributed by atoms with E-state index in [-0.39, 0.29) is 0 Å². The van der Waals surface area contributed by atoms with Crippen molar-refractivity contribution in [2.45, 2.75) is 6.42 Å². The maximum absolute atomic E-state index is 5.13. The van der Waals surface area contributed by atoms with E-state index >= 15 is 0 Å². The molecule has 0 spiro atoms. The second-order valence-corrected chi connectivity index (χ2v) is 4.04. The fourth-order valence-corrected chi connectivity index (χ4v) is 1.50. The zero-order valence-electron chi connectivity index (χ0n) is 6.85. The first-order valence-electron chi connectivity index (χ1n) is 3.72. The average molecular weight is 304 g/mol. The molecule has 0 fully saturated rings. The summed E-state index contributed by atoms with van der Waals surface area (Å²) in [6, 6.07) is 1.95. The summed E-state index contributed by atoms with van der Waals surface area (Å²) in [5.41, 5.74) is 0.949. The van der Waals surface area contributed by atoms with Gasteiger partial charge in [-0.2, -0.15) is 0 Å². The Kier molecular flexibility index (Phi) is 4.26. The number of terminal acetylenes is 1. The van der Waals surface area contributed by atoms with Gasteiger partial charge < -0.3 is 5.32 Å². The number of aromatic nitrogens is 1. The van der Waals surface area contributed by atoms with Crippen LogP contribution in [-0.2, 0) is 0 Å². The van der Waals surface area contributed by atoms with Gasteiger partial charge in [-0.15, -0.1) is 12.3 Å². The molecule has 0 bridgehead atoms. The van der Waals surface area contributed by atoms with Crippen molar-refractivity contribution in [2.75, 3.05) is 11.9 Å². The monoisotopic (exact) mass is 302 g/mol. The van der Waals surface area contributed by atoms with Crippen LogP contribution < -0.4 is 5.32 Å². The van der Waals surface area contributed by atoms with Gasteiger partial charge in [0.05, 0.1) is 5.69 Å². The molecule has 1 N–H and O–H groups in total. The van der Waals surface area contributed by atoms with Crippen LogP contribution in [0.2, 0.25) is 0 Å². The summed E-state index contributed by atoms with van der Waals surface area (Å²) in [7, 11) is 0. The van der Waals surface area contributed by atoms with Crippen LogP contribution >= 0.6 is 31.9 Å². The molecule has 2 nitrogen and oxygen atoms in total. The molecule has 0 aromatic carbocycles. The highest BCUT2D eigenvalue weighted by Crippen LogP contribution is 2.23. The van der Waals surface area contributed by atoms with E-state index < -0.39 is 0 Å². The molecule has 0 aliphatic rings. The lowest BCUT2D eigenvalue weighted by atomic mass is 10.4. The molecule has 0 saturated heterocycles. The van der Waals surface area contributed by atoms with Gasteiger partial charge in [0.15, 0.2) is 0 Å². The van der Waals surface area contributed by atoms with E-state index in [0.717, 1.165) is 21.3 Å². The molecule has 1 heterocycles. The molecular formula is C9H8Br2N2. The Hall–Kier alpha value is -0.530. The first kappa shape index (κ1) is 10.6. The fraction of sp³-hybridized carbons (Fsp3) is 0.222. The van der Waals surface area contributed by atoms with Crippen molar-refractivity contribution in [3.63, 3.8) is 0 Å². The molecule has 0 aliphatic heterocycles. The minimum Gasteiger partial charge on any atom is -0.382 e. The van der Waals surface area contributed by atoms with E-state index in [0.29, 0.717) is 6.42 Å². The number of halogens is 2. The SMILES string of the molecule is C#CCCNc1cc(Br)cnc1Br. The zero-order valence-corrected chi connectivity index (χ0v) is 10.0. The van der Waals surface area contributed by atoms with Gasteiger partial charge in [-0.3, -0.25) is 0 Å². The molecular weight excluding hydrogens is 296 g/mol. The number of rotatable bonds is 3. The van der Waals surface area contributed by atoms with Crippen molar-refractivity contribution in [3.8, 4) is 12.3 Å². The van der Waals surface area contributed by atoms with Crippen molar-refractivity contribution in [2.24, 2.45) is 0 Å². The molecule has 1 rings (SSSR count). The first-order valence-corrected chi connectivity index (χ1v) is 5.31. The maximum Gasteiger partial charge on any atom is 0.129 e. The van der Waals surface area contributed by atoms with E-state index in [1.807, 2.05) is 6.07 Å². The second kappa shape index (κ2) is 5.25. The third kappa shape index (κ3) is 3.37. The summed E-state index contributed by atoms with van der Waals surface area (Å²) in [5, 5.41) is 3.17. The summed E-state index contributed by atoms with van der Waals surface area (Å²) < 4.78 is 1.74. The standard InChI is InChI=1S/C9H8Br2N2/c1-2-3-4-12-8-5-7(10)6-13-9(8)11/h1,5-6,12H,3-4H2. The first-order chi connectivity index (χ1) is 6.24. The van der Waals surface area contributed by atoms with Gasteiger partial charge >= 0.3 is 0 Å². The Bertz CT molecular complexity index is 331. The minimum atomic E-state index is 0.707. The van der Waals surface area contributed by atoms with E-state index in [9.17, 15) is 0 Å². The molecule has 0 unspecified atom stereocenters. The van der Waals surface area contributed by atoms with Crippen molar-refractivity contribution in [3.05, 3.63) is 21.3 Å². The lowest BCUT2D eigenvalue weighted by Crippen LogP contribution is -2.01. The molecule has 68 valence electrons. The maximum atomic E-state index is 5.13. The van der Waals surface area contributed by atoms with Crippen LogP contribution in [0.25, 0.3) is 0 Å². The van der Waals surface area contributed by atoms with E-state index in [2.05, 4.69) is 48.1 Å². The summed E-state index contributed by atoms with van der Waals surface area (Å²) in [6.45, 7) is 0.757. The zero-order chi connectivity index (χ0) is 9.68. The molecule has 13 heavy (non-hydrogen) atoms. The van der Waals surface area contributed by atoms with Crippen LogP contribution in [-0.4, -0.2) is 11.5 Å². The van der Waals surface area contributed by atoms with Crippen molar-refractivity contribution in [1.29, 1.82) is 0 Å². The predicted molar refractivity (Wildman–Crippen MR) is 61.6 cm³/mol. The van der Waals surface area contributed by atoms with Gasteiger partial charge in [0.1, 0.15) is 4.60 Å². The summed E-state index contributed by atoms with van der Waals surface area (Å²) in [5.74, 6) is 2.56. The second-order valence-electron chi connectivity index (χ2n) is 2.37. The highest BCUT2D eigenvalue weighted by Gasteiger charge is 1.99. The molecule has 0 radical (unpaired) electrons. The van der Waals surface area contributed by atoms with Crippen molar-refractivity contribution in [1.82, 2.24) is 4.98 Å². The van der Waals surface area contributed by atoms with Crippen LogP contribution in [0.15, 0.2) is 21.3 Å². The minimum absolute atomic E-state index is 0.707. The van der Waals surface area contributed by atoms with Gasteiger partial charge in [-0.25, -0.2) is 4.98 Å². The third-order valence-electron chi connectivity index (χ3n) is 1.39. The highest BCUT2D eigenvalue weighted by molar-refractivity contribution is 9.11. The van der Waals surface area contributed by atoms with E-state index in [1.165, 1.54) is 0 Å². The van der Waals surface area contributed by atoms with E-state index in [4.69, 9.17) is 6.42 Å². The number of hydrogen-bond donors (Lipinski definition) is 1. The molecule has 4 heteroatoms. The third-order valence-corrected chi connectivity index (χ3v) is 2.46. The quantitative estimate of drug-likeness (QED) is 0.527. The number of nitrogens with zero attached hydrogens (tertiary/aromatic N) is 1. The lowest BCUT2D eigenvalue weighted by molar-refractivity contribution is 1.08. The molecule has 1 aromatic rings. The lowest BCUT2D eigenvalue weighted by Gasteiger charge is -2.05. The van der Waals surface area contributed by atoms with Gasteiger partial charge in [0, 0.05) is 23.6 Å². The van der Waals surface area contributed by atoms with Crippen LogP contribution in [0.4, 0.5) is 5.69 Å². The van der Waals surface area contributed by atoms with Gasteiger partial charge in [-0.1, -0.05) is 0 Å². The summed E-state index contributed by atoms with van der Waals surface area (Å²) >= 11 is 6.68. The average Bonchev–Trinajstić information content (AvgIpc) is 2.11. The van der Waals surface area contributed by atoms with Gasteiger partial charge in [0.25, 0.3) is 0 Å². The summed E-state index contributed by atoms with van der Waals surface area (Å²) in [6.07, 6.45) is 7.57. The normalized spacial score (nSPS) is 9.31. The van der Waals surface area contributed by atoms with Crippen molar-refractivity contribution < 1.29 is 0 Å². The molecule has 0 aliphatic carbocycles. The smallest absolute Gasteiger partial charge is 0.129 e. The van der Waals surface area contributed by atoms with Crippen LogP contribution in [0, 0.1) is 12.3 Å². The van der Waals surface area contributed by atoms with Crippen LogP contribution in [0.5, 0.6) is 0 Å². The molecule has 1 aromatic heterocycles. The number of anilines is 1. The van der Waals surface area contributed by atoms with Gasteiger partial charge in [-0.05, 0) is 37.9 Å². The fourth-order valence-electron chi connectivity index (χ4n) is 0.816. The van der Waals surface area contributed by atoms with Crippen LogP contribution in [0.3, 0.4) is 0 Å². The Balaban J connectivity index is 2.65. The van der Waals surface area contributed by atoms with Crippen molar-refractivity contribution >= 4 is 37.5 Å². The Morgan fingerprint density at radius 2 is 2.31 bits per heavy atom. The Labute approximate surface area is 94.4 Å². The highest BCUT2D eigenvalue weighted by atomic mass is 79.9. The number of pyridine rings is 1. The Morgan fingerprint density at radius 3 is 3.00 bits per heavy atom. The largest absolute Gasteiger partial charge is 0.382 e. The number of nitrogens with one attached hydrogen (secondary N) is 1.